The molecule has 0 atom stereocenters. The Morgan fingerprint density at radius 1 is 1.50 bits per heavy atom. The van der Waals surface area contributed by atoms with E-state index in [1.54, 1.807) is 0 Å². The third kappa shape index (κ3) is 1.66. The number of primary amides is 1. The summed E-state index contributed by atoms with van der Waals surface area (Å²) in [6, 6.07) is 0. The highest BCUT2D eigenvalue weighted by molar-refractivity contribution is 5.78. The van der Waals surface area contributed by atoms with Gasteiger partial charge >= 0.3 is 0 Å². The number of anilines is 1. The number of hydrogen-bond donors (Lipinski definition) is 2. The molecule has 74 valence electrons. The van der Waals surface area contributed by atoms with Crippen LogP contribution in [0.25, 0.3) is 0 Å². The minimum atomic E-state index is -0.379. The Labute approximate surface area is 81.7 Å². The first kappa shape index (κ1) is 8.93. The zero-order valence-electron chi connectivity index (χ0n) is 7.79. The van der Waals surface area contributed by atoms with Crippen molar-refractivity contribution < 1.29 is 4.79 Å². The molecular formula is C9H12N4O. The van der Waals surface area contributed by atoms with Crippen molar-refractivity contribution in [3.63, 3.8) is 0 Å². The molecule has 1 aromatic heterocycles. The summed E-state index contributed by atoms with van der Waals surface area (Å²) in [5, 5.41) is 2.92. The number of nitrogens with one attached hydrogen (secondary N) is 1. The van der Waals surface area contributed by atoms with Crippen LogP contribution in [0.3, 0.4) is 0 Å². The lowest BCUT2D eigenvalue weighted by atomic mass is 10.2. The van der Waals surface area contributed by atoms with E-state index in [1.165, 1.54) is 6.33 Å². The lowest BCUT2D eigenvalue weighted by Gasteiger charge is -2.07. The molecule has 1 aromatic rings. The summed E-state index contributed by atoms with van der Waals surface area (Å²) in [6.07, 6.45) is 4.62. The van der Waals surface area contributed by atoms with E-state index in [1.807, 2.05) is 0 Å². The summed E-state index contributed by atoms with van der Waals surface area (Å²) < 4.78 is 0. The lowest BCUT2D eigenvalue weighted by molar-refractivity contribution is -0.116. The summed E-state index contributed by atoms with van der Waals surface area (Å²) in [6.45, 7) is 0.128. The highest BCUT2D eigenvalue weighted by Crippen LogP contribution is 2.24. The van der Waals surface area contributed by atoms with Crippen molar-refractivity contribution in [2.45, 2.75) is 19.3 Å². The van der Waals surface area contributed by atoms with Gasteiger partial charge in [-0.2, -0.15) is 0 Å². The molecule has 1 amide bonds. The van der Waals surface area contributed by atoms with E-state index in [0.29, 0.717) is 0 Å². The Hall–Kier alpha value is -1.65. The first-order valence-electron chi connectivity index (χ1n) is 4.62. The Kier molecular flexibility index (Phi) is 2.30. The molecule has 0 unspecified atom stereocenters. The molecule has 0 saturated heterocycles. The topological polar surface area (TPSA) is 80.9 Å². The van der Waals surface area contributed by atoms with Crippen molar-refractivity contribution in [3.8, 4) is 0 Å². The lowest BCUT2D eigenvalue weighted by Crippen LogP contribution is -2.22. The van der Waals surface area contributed by atoms with Crippen molar-refractivity contribution in [2.75, 3.05) is 11.9 Å². The van der Waals surface area contributed by atoms with Gasteiger partial charge in [0.15, 0.2) is 0 Å². The molecule has 3 N–H and O–H groups in total. The minimum absolute atomic E-state index is 0.128. The van der Waals surface area contributed by atoms with Crippen molar-refractivity contribution in [3.05, 3.63) is 17.6 Å². The Bertz CT molecular complexity index is 364. The molecule has 0 spiro atoms. The van der Waals surface area contributed by atoms with Gasteiger partial charge in [-0.15, -0.1) is 0 Å². The first-order valence-corrected chi connectivity index (χ1v) is 4.62. The third-order valence-corrected chi connectivity index (χ3v) is 2.31. The molecule has 0 fully saturated rings. The molecule has 0 aliphatic heterocycles. The molecule has 2 rings (SSSR count). The third-order valence-electron chi connectivity index (χ3n) is 2.31. The molecule has 1 heterocycles. The highest BCUT2D eigenvalue weighted by Gasteiger charge is 2.16. The van der Waals surface area contributed by atoms with E-state index in [2.05, 4.69) is 15.3 Å². The minimum Gasteiger partial charge on any atom is -0.368 e. The number of amides is 1. The quantitative estimate of drug-likeness (QED) is 0.698. The normalized spacial score (nSPS) is 13.7. The molecule has 0 radical (unpaired) electrons. The van der Waals surface area contributed by atoms with Gasteiger partial charge in [-0.3, -0.25) is 4.79 Å². The van der Waals surface area contributed by atoms with Gasteiger partial charge in [0.25, 0.3) is 0 Å². The van der Waals surface area contributed by atoms with Gasteiger partial charge in [-0.05, 0) is 19.3 Å². The summed E-state index contributed by atoms with van der Waals surface area (Å²) >= 11 is 0. The van der Waals surface area contributed by atoms with Crippen LogP contribution in [0.15, 0.2) is 6.33 Å². The van der Waals surface area contributed by atoms with Crippen LogP contribution in [0.2, 0.25) is 0 Å². The largest absolute Gasteiger partial charge is 0.368 e. The molecule has 14 heavy (non-hydrogen) atoms. The summed E-state index contributed by atoms with van der Waals surface area (Å²) in [5.74, 6) is 0.377. The van der Waals surface area contributed by atoms with Crippen molar-refractivity contribution in [2.24, 2.45) is 5.73 Å². The van der Waals surface area contributed by atoms with Crippen LogP contribution in [0.1, 0.15) is 17.7 Å². The van der Waals surface area contributed by atoms with E-state index >= 15 is 0 Å². The monoisotopic (exact) mass is 192 g/mol. The number of nitrogens with two attached hydrogens (primary N) is 1. The second-order valence-electron chi connectivity index (χ2n) is 3.32. The van der Waals surface area contributed by atoms with Crippen LogP contribution >= 0.6 is 0 Å². The number of carbonyl (C=O) groups is 1. The molecule has 1 aliphatic carbocycles. The second-order valence-corrected chi connectivity index (χ2v) is 3.32. The van der Waals surface area contributed by atoms with E-state index in [0.717, 1.165) is 36.3 Å². The maximum Gasteiger partial charge on any atom is 0.236 e. The van der Waals surface area contributed by atoms with Crippen LogP contribution in [0.4, 0.5) is 5.82 Å². The Morgan fingerprint density at radius 2 is 2.36 bits per heavy atom. The van der Waals surface area contributed by atoms with Gasteiger partial charge < -0.3 is 11.1 Å². The van der Waals surface area contributed by atoms with E-state index < -0.39 is 0 Å². The summed E-state index contributed by atoms with van der Waals surface area (Å²) in [7, 11) is 0. The van der Waals surface area contributed by atoms with Gasteiger partial charge in [-0.1, -0.05) is 0 Å². The number of hydrogen-bond acceptors (Lipinski definition) is 4. The van der Waals surface area contributed by atoms with E-state index in [9.17, 15) is 4.79 Å². The number of aromatic nitrogens is 2. The van der Waals surface area contributed by atoms with Crippen molar-refractivity contribution in [1.82, 2.24) is 9.97 Å². The summed E-state index contributed by atoms with van der Waals surface area (Å²) in [4.78, 5) is 18.9. The maximum atomic E-state index is 10.6. The summed E-state index contributed by atoms with van der Waals surface area (Å²) in [5.41, 5.74) is 7.26. The van der Waals surface area contributed by atoms with Crippen LogP contribution in [-0.4, -0.2) is 22.4 Å². The van der Waals surface area contributed by atoms with Crippen LogP contribution < -0.4 is 11.1 Å². The van der Waals surface area contributed by atoms with Gasteiger partial charge in [0.1, 0.15) is 12.1 Å². The van der Waals surface area contributed by atoms with Gasteiger partial charge in [0, 0.05) is 11.3 Å². The average Bonchev–Trinajstić information content (AvgIpc) is 2.62. The zero-order valence-corrected chi connectivity index (χ0v) is 7.79. The number of rotatable bonds is 3. The van der Waals surface area contributed by atoms with Gasteiger partial charge in [0.05, 0.1) is 6.54 Å². The number of nitrogens with zero attached hydrogens (tertiary/aromatic N) is 2. The zero-order chi connectivity index (χ0) is 9.97. The predicted octanol–water partition coefficient (Wildman–Crippen LogP) is -0.138. The fraction of sp³-hybridized carbons (Fsp3) is 0.444. The van der Waals surface area contributed by atoms with E-state index in [-0.39, 0.29) is 12.5 Å². The maximum absolute atomic E-state index is 10.6. The Morgan fingerprint density at radius 3 is 3.14 bits per heavy atom. The molecule has 5 nitrogen and oxygen atoms in total. The van der Waals surface area contributed by atoms with Crippen molar-refractivity contribution in [1.29, 1.82) is 0 Å². The number of fused-ring (bicyclic) bond motifs is 1. The molecule has 0 aromatic carbocycles. The van der Waals surface area contributed by atoms with Gasteiger partial charge in [0.2, 0.25) is 5.91 Å². The van der Waals surface area contributed by atoms with Gasteiger partial charge in [-0.25, -0.2) is 9.97 Å². The number of aryl methyl sites for hydroxylation is 1. The second kappa shape index (κ2) is 3.61. The average molecular weight is 192 g/mol. The first-order chi connectivity index (χ1) is 6.77. The van der Waals surface area contributed by atoms with Crippen LogP contribution in [-0.2, 0) is 17.6 Å². The SMILES string of the molecule is NC(=O)CNc1ncnc2c1CCC2. The number of carbonyl (C=O) groups excluding carboxylic acids is 1. The molecular weight excluding hydrogens is 180 g/mol. The highest BCUT2D eigenvalue weighted by atomic mass is 16.1. The molecule has 5 heteroatoms. The predicted molar refractivity (Wildman–Crippen MR) is 51.7 cm³/mol. The molecule has 1 aliphatic rings. The van der Waals surface area contributed by atoms with Crippen LogP contribution in [0, 0.1) is 0 Å². The molecule has 0 bridgehead atoms. The van der Waals surface area contributed by atoms with E-state index in [4.69, 9.17) is 5.73 Å². The van der Waals surface area contributed by atoms with Crippen LogP contribution in [0.5, 0.6) is 0 Å². The fourth-order valence-electron chi connectivity index (χ4n) is 1.68. The van der Waals surface area contributed by atoms with Crippen molar-refractivity contribution >= 4 is 11.7 Å². The Balaban J connectivity index is 2.17. The standard InChI is InChI=1S/C9H12N4O/c10-8(14)4-11-9-6-2-1-3-7(6)12-5-13-9/h5H,1-4H2,(H2,10,14)(H,11,12,13). The fourth-order valence-corrected chi connectivity index (χ4v) is 1.68. The smallest absolute Gasteiger partial charge is 0.236 e. The molecule has 0 saturated carbocycles.